The van der Waals surface area contributed by atoms with Crippen LogP contribution >= 0.6 is 0 Å². The van der Waals surface area contributed by atoms with Crippen molar-refractivity contribution in [1.29, 1.82) is 0 Å². The first kappa shape index (κ1) is 26.8. The third-order valence-corrected chi connectivity index (χ3v) is 6.35. The maximum Gasteiger partial charge on any atom is 0.410 e. The number of benzene rings is 1. The molecular formula is C27H41N3O5. The molecule has 1 fully saturated rings. The highest BCUT2D eigenvalue weighted by molar-refractivity contribution is 5.94. The first-order chi connectivity index (χ1) is 16.5. The topological polar surface area (TPSA) is 88.2 Å². The minimum atomic E-state index is -0.532. The van der Waals surface area contributed by atoms with Crippen molar-refractivity contribution in [2.45, 2.75) is 84.8 Å². The Morgan fingerprint density at radius 1 is 1.23 bits per heavy atom. The Bertz CT molecular complexity index is 909. The number of likely N-dealkylation sites (tertiary alicyclic amines) is 1. The smallest absolute Gasteiger partial charge is 0.410 e. The zero-order chi connectivity index (χ0) is 25.6. The SMILES string of the molecule is CC(C)N(CC1CCCN(C(=O)CCCOc2ccc3c(c2)CCC(=O)N3)C1)C(=O)OC(C)(C)C. The minimum absolute atomic E-state index is 0.0351. The van der Waals surface area contributed by atoms with Gasteiger partial charge in [-0.25, -0.2) is 4.79 Å². The second kappa shape index (κ2) is 11.8. The van der Waals surface area contributed by atoms with Crippen LogP contribution in [0.4, 0.5) is 10.5 Å². The van der Waals surface area contributed by atoms with Gasteiger partial charge in [0.05, 0.1) is 6.61 Å². The molecule has 2 aliphatic rings. The summed E-state index contributed by atoms with van der Waals surface area (Å²) < 4.78 is 11.4. The van der Waals surface area contributed by atoms with E-state index < -0.39 is 5.60 Å². The molecule has 0 radical (unpaired) electrons. The number of carbonyl (C=O) groups is 3. The molecule has 1 atom stereocenters. The van der Waals surface area contributed by atoms with Crippen LogP contribution < -0.4 is 10.1 Å². The molecule has 8 nitrogen and oxygen atoms in total. The summed E-state index contributed by atoms with van der Waals surface area (Å²) in [5.41, 5.74) is 1.40. The third kappa shape index (κ3) is 8.15. The van der Waals surface area contributed by atoms with Crippen LogP contribution in [0, 0.1) is 5.92 Å². The molecule has 3 amide bonds. The van der Waals surface area contributed by atoms with E-state index in [0.29, 0.717) is 39.0 Å². The maximum atomic E-state index is 12.8. The first-order valence-electron chi connectivity index (χ1n) is 12.8. The van der Waals surface area contributed by atoms with Crippen LogP contribution in [0.3, 0.4) is 0 Å². The van der Waals surface area contributed by atoms with Crippen LogP contribution in [0.5, 0.6) is 5.75 Å². The van der Waals surface area contributed by atoms with E-state index in [1.165, 1.54) is 0 Å². The fraction of sp³-hybridized carbons (Fsp3) is 0.667. The summed E-state index contributed by atoms with van der Waals surface area (Å²) in [4.78, 5) is 40.7. The molecule has 1 unspecified atom stereocenters. The lowest BCUT2D eigenvalue weighted by atomic mass is 9.96. The number of hydrogen-bond acceptors (Lipinski definition) is 5. The largest absolute Gasteiger partial charge is 0.494 e. The highest BCUT2D eigenvalue weighted by atomic mass is 16.6. The van der Waals surface area contributed by atoms with Crippen LogP contribution in [0.1, 0.15) is 72.3 Å². The van der Waals surface area contributed by atoms with Gasteiger partial charge in [0.1, 0.15) is 11.4 Å². The van der Waals surface area contributed by atoms with Gasteiger partial charge in [-0.15, -0.1) is 0 Å². The lowest BCUT2D eigenvalue weighted by Crippen LogP contribution is -2.48. The van der Waals surface area contributed by atoms with Crippen molar-refractivity contribution in [3.05, 3.63) is 23.8 Å². The lowest BCUT2D eigenvalue weighted by Gasteiger charge is -2.37. The van der Waals surface area contributed by atoms with Gasteiger partial charge in [-0.2, -0.15) is 0 Å². The van der Waals surface area contributed by atoms with E-state index in [-0.39, 0.29) is 29.9 Å². The summed E-state index contributed by atoms with van der Waals surface area (Å²) in [6.45, 7) is 12.1. The van der Waals surface area contributed by atoms with Gasteiger partial charge < -0.3 is 24.6 Å². The maximum absolute atomic E-state index is 12.8. The van der Waals surface area contributed by atoms with Crippen LogP contribution in [-0.4, -0.2) is 65.6 Å². The van der Waals surface area contributed by atoms with Crippen LogP contribution in [0.2, 0.25) is 0 Å². The molecule has 0 spiro atoms. The van der Waals surface area contributed by atoms with Gasteiger partial charge in [-0.05, 0) is 90.0 Å². The Balaban J connectivity index is 1.43. The van der Waals surface area contributed by atoms with Crippen LogP contribution in [-0.2, 0) is 20.7 Å². The number of piperidine rings is 1. The van der Waals surface area contributed by atoms with Crippen molar-refractivity contribution in [1.82, 2.24) is 9.80 Å². The number of carbonyl (C=O) groups excluding carboxylic acids is 3. The predicted molar refractivity (Wildman–Crippen MR) is 136 cm³/mol. The number of hydrogen-bond donors (Lipinski definition) is 1. The van der Waals surface area contributed by atoms with Crippen LogP contribution in [0.15, 0.2) is 18.2 Å². The number of ether oxygens (including phenoxy) is 2. The van der Waals surface area contributed by atoms with E-state index >= 15 is 0 Å². The Morgan fingerprint density at radius 3 is 2.71 bits per heavy atom. The van der Waals surface area contributed by atoms with E-state index in [9.17, 15) is 14.4 Å². The second-order valence-corrected chi connectivity index (χ2v) is 10.9. The average molecular weight is 488 g/mol. The van der Waals surface area contributed by atoms with Crippen molar-refractivity contribution in [2.75, 3.05) is 31.6 Å². The fourth-order valence-corrected chi connectivity index (χ4v) is 4.56. The molecule has 35 heavy (non-hydrogen) atoms. The Morgan fingerprint density at radius 2 is 2.00 bits per heavy atom. The van der Waals surface area contributed by atoms with Gasteiger partial charge in [-0.3, -0.25) is 9.59 Å². The molecule has 194 valence electrons. The number of amides is 3. The number of nitrogens with one attached hydrogen (secondary N) is 1. The molecule has 0 saturated carbocycles. The summed E-state index contributed by atoms with van der Waals surface area (Å²) in [5.74, 6) is 1.20. The molecule has 1 saturated heterocycles. The van der Waals surface area contributed by atoms with E-state index in [1.807, 2.05) is 57.7 Å². The van der Waals surface area contributed by atoms with Crippen molar-refractivity contribution < 1.29 is 23.9 Å². The molecule has 2 heterocycles. The van der Waals surface area contributed by atoms with Crippen LogP contribution in [0.25, 0.3) is 0 Å². The van der Waals surface area contributed by atoms with E-state index in [0.717, 1.165) is 42.8 Å². The number of nitrogens with zero attached hydrogens (tertiary/aromatic N) is 2. The molecule has 3 rings (SSSR count). The zero-order valence-electron chi connectivity index (χ0n) is 21.9. The number of anilines is 1. The molecule has 8 heteroatoms. The zero-order valence-corrected chi connectivity index (χ0v) is 21.9. The quantitative estimate of drug-likeness (QED) is 0.541. The summed E-state index contributed by atoms with van der Waals surface area (Å²) in [6, 6.07) is 5.73. The van der Waals surface area contributed by atoms with Crippen molar-refractivity contribution in [3.8, 4) is 5.75 Å². The highest BCUT2D eigenvalue weighted by Gasteiger charge is 2.30. The molecule has 0 aromatic heterocycles. The summed E-state index contributed by atoms with van der Waals surface area (Å²) >= 11 is 0. The summed E-state index contributed by atoms with van der Waals surface area (Å²) in [7, 11) is 0. The lowest BCUT2D eigenvalue weighted by molar-refractivity contribution is -0.133. The van der Waals surface area contributed by atoms with E-state index in [1.54, 1.807) is 4.90 Å². The molecule has 2 aliphatic heterocycles. The average Bonchev–Trinajstić information content (AvgIpc) is 2.79. The first-order valence-corrected chi connectivity index (χ1v) is 12.8. The minimum Gasteiger partial charge on any atom is -0.494 e. The Kier molecular flexibility index (Phi) is 9.03. The molecule has 1 N–H and O–H groups in total. The number of rotatable bonds is 8. The molecular weight excluding hydrogens is 446 g/mol. The van der Waals surface area contributed by atoms with E-state index in [4.69, 9.17) is 9.47 Å². The second-order valence-electron chi connectivity index (χ2n) is 10.9. The fourth-order valence-electron chi connectivity index (χ4n) is 4.56. The molecule has 0 aliphatic carbocycles. The molecule has 0 bridgehead atoms. The van der Waals surface area contributed by atoms with Gasteiger partial charge in [0.2, 0.25) is 11.8 Å². The normalized spacial score (nSPS) is 18.1. The monoisotopic (exact) mass is 487 g/mol. The van der Waals surface area contributed by atoms with Crippen molar-refractivity contribution in [3.63, 3.8) is 0 Å². The van der Waals surface area contributed by atoms with Gasteiger partial charge in [0.15, 0.2) is 0 Å². The Labute approximate surface area is 209 Å². The summed E-state index contributed by atoms with van der Waals surface area (Å²) in [5, 5.41) is 2.87. The Hall–Kier alpha value is -2.77. The summed E-state index contributed by atoms with van der Waals surface area (Å²) in [6.07, 6.45) is 3.94. The van der Waals surface area contributed by atoms with Gasteiger partial charge >= 0.3 is 6.09 Å². The number of fused-ring (bicyclic) bond motifs is 1. The van der Waals surface area contributed by atoms with Gasteiger partial charge in [0, 0.05) is 44.2 Å². The molecule has 1 aromatic carbocycles. The number of aryl methyl sites for hydroxylation is 1. The molecule has 1 aromatic rings. The predicted octanol–water partition coefficient (Wildman–Crippen LogP) is 4.61. The van der Waals surface area contributed by atoms with Crippen molar-refractivity contribution in [2.24, 2.45) is 5.92 Å². The van der Waals surface area contributed by atoms with Crippen molar-refractivity contribution >= 4 is 23.6 Å². The van der Waals surface area contributed by atoms with Gasteiger partial charge in [0.25, 0.3) is 0 Å². The standard InChI is InChI=1S/C27H41N3O5/c1-19(2)30(26(33)35-27(3,4)5)18-20-8-6-14-29(17-20)25(32)9-7-15-34-22-11-12-23-21(16-22)10-13-24(31)28-23/h11-12,16,19-20H,6-10,13-15,17-18H2,1-5H3,(H,28,31). The van der Waals surface area contributed by atoms with Gasteiger partial charge in [-0.1, -0.05) is 0 Å². The highest BCUT2D eigenvalue weighted by Crippen LogP contribution is 2.27. The third-order valence-electron chi connectivity index (χ3n) is 6.35. The van der Waals surface area contributed by atoms with E-state index in [2.05, 4.69) is 5.32 Å².